The minimum Gasteiger partial charge on any atom is -0.507 e. The number of hydrogen-bond acceptors (Lipinski definition) is 3. The summed E-state index contributed by atoms with van der Waals surface area (Å²) < 4.78 is 19.4. The standard InChI is InChI=1S/C26H29FO4/c1-17(2)8-15-22-23(31-21-6-4-3-5-7-21)16-19(24(25(22)28)26(29)30)12-9-18-10-13-20(27)14-11-18/h8-14,16,21,28H,3-7,15H2,1-2H3,(H,29,30). The van der Waals surface area contributed by atoms with Crippen LogP contribution in [0.5, 0.6) is 11.5 Å². The lowest BCUT2D eigenvalue weighted by molar-refractivity contribution is 0.0693. The molecule has 0 unspecified atom stereocenters. The molecule has 3 rings (SSSR count). The zero-order valence-corrected chi connectivity index (χ0v) is 18.0. The molecule has 2 N–H and O–H groups in total. The van der Waals surface area contributed by atoms with Crippen LogP contribution in [-0.4, -0.2) is 22.3 Å². The maximum atomic E-state index is 13.2. The number of carboxylic acids is 1. The summed E-state index contributed by atoms with van der Waals surface area (Å²) in [4.78, 5) is 12.0. The number of phenols is 1. The van der Waals surface area contributed by atoms with E-state index in [9.17, 15) is 19.4 Å². The number of aromatic hydroxyl groups is 1. The van der Waals surface area contributed by atoms with Crippen LogP contribution >= 0.6 is 0 Å². The minimum absolute atomic E-state index is 0.0585. The second-order valence-corrected chi connectivity index (χ2v) is 8.22. The molecule has 4 nitrogen and oxygen atoms in total. The van der Waals surface area contributed by atoms with Crippen molar-refractivity contribution in [1.82, 2.24) is 0 Å². The van der Waals surface area contributed by atoms with Gasteiger partial charge < -0.3 is 14.9 Å². The van der Waals surface area contributed by atoms with E-state index in [2.05, 4.69) is 0 Å². The average molecular weight is 425 g/mol. The molecule has 2 aromatic rings. The summed E-state index contributed by atoms with van der Waals surface area (Å²) in [5.41, 5.74) is 2.47. The molecule has 2 aromatic carbocycles. The van der Waals surface area contributed by atoms with Gasteiger partial charge in [0.2, 0.25) is 0 Å². The highest BCUT2D eigenvalue weighted by Gasteiger charge is 2.24. The first-order valence-electron chi connectivity index (χ1n) is 10.7. The highest BCUT2D eigenvalue weighted by atomic mass is 19.1. The number of ether oxygens (including phenoxy) is 1. The van der Waals surface area contributed by atoms with Crippen molar-refractivity contribution < 1.29 is 24.1 Å². The van der Waals surface area contributed by atoms with Gasteiger partial charge in [-0.2, -0.15) is 0 Å². The van der Waals surface area contributed by atoms with E-state index in [-0.39, 0.29) is 23.2 Å². The van der Waals surface area contributed by atoms with Crippen LogP contribution in [0.2, 0.25) is 0 Å². The van der Waals surface area contributed by atoms with Gasteiger partial charge in [-0.1, -0.05) is 42.4 Å². The lowest BCUT2D eigenvalue weighted by Gasteiger charge is -2.25. The van der Waals surface area contributed by atoms with E-state index in [0.29, 0.717) is 23.3 Å². The molecule has 0 radical (unpaired) electrons. The van der Waals surface area contributed by atoms with Crippen LogP contribution in [0.1, 0.15) is 73.0 Å². The Hall–Kier alpha value is -3.08. The first kappa shape index (κ1) is 22.6. The second kappa shape index (κ2) is 10.3. The van der Waals surface area contributed by atoms with Crippen molar-refractivity contribution >= 4 is 18.1 Å². The summed E-state index contributed by atoms with van der Waals surface area (Å²) in [7, 11) is 0. The normalized spacial score (nSPS) is 14.5. The predicted molar refractivity (Wildman–Crippen MR) is 121 cm³/mol. The first-order chi connectivity index (χ1) is 14.8. The summed E-state index contributed by atoms with van der Waals surface area (Å²) in [6.07, 6.45) is 11.0. The van der Waals surface area contributed by atoms with Gasteiger partial charge in [0.25, 0.3) is 0 Å². The molecule has 1 aliphatic carbocycles. The molecule has 5 heteroatoms. The lowest BCUT2D eigenvalue weighted by Crippen LogP contribution is -2.20. The van der Waals surface area contributed by atoms with Crippen molar-refractivity contribution in [2.24, 2.45) is 0 Å². The fourth-order valence-corrected chi connectivity index (χ4v) is 3.79. The molecule has 1 aliphatic rings. The Balaban J connectivity index is 2.06. The van der Waals surface area contributed by atoms with Crippen molar-refractivity contribution in [2.75, 3.05) is 0 Å². The van der Waals surface area contributed by atoms with Gasteiger partial charge >= 0.3 is 5.97 Å². The van der Waals surface area contributed by atoms with Gasteiger partial charge in [0.1, 0.15) is 22.9 Å². The highest BCUT2D eigenvalue weighted by Crippen LogP contribution is 2.38. The minimum atomic E-state index is -1.21. The Bertz CT molecular complexity index is 979. The topological polar surface area (TPSA) is 66.8 Å². The molecular weight excluding hydrogens is 395 g/mol. The third-order valence-electron chi connectivity index (χ3n) is 5.49. The third kappa shape index (κ3) is 5.97. The zero-order valence-electron chi connectivity index (χ0n) is 18.0. The molecule has 0 aromatic heterocycles. The number of benzene rings is 2. The van der Waals surface area contributed by atoms with Crippen LogP contribution in [0.3, 0.4) is 0 Å². The van der Waals surface area contributed by atoms with Crippen molar-refractivity contribution in [3.8, 4) is 11.5 Å². The number of rotatable bonds is 7. The number of carboxylic acid groups (broad SMARTS) is 1. The Labute approximate surface area is 182 Å². The van der Waals surface area contributed by atoms with E-state index in [1.165, 1.54) is 18.6 Å². The van der Waals surface area contributed by atoms with Crippen molar-refractivity contribution in [3.05, 3.63) is 70.1 Å². The quantitative estimate of drug-likeness (QED) is 0.387. The summed E-state index contributed by atoms with van der Waals surface area (Å²) in [5.74, 6) is -1.30. The fraction of sp³-hybridized carbons (Fsp3) is 0.346. The largest absolute Gasteiger partial charge is 0.507 e. The van der Waals surface area contributed by atoms with E-state index in [4.69, 9.17) is 4.74 Å². The Morgan fingerprint density at radius 1 is 1.13 bits per heavy atom. The second-order valence-electron chi connectivity index (χ2n) is 8.22. The molecule has 1 saturated carbocycles. The maximum Gasteiger partial charge on any atom is 0.340 e. The van der Waals surface area contributed by atoms with Crippen LogP contribution in [-0.2, 0) is 6.42 Å². The van der Waals surface area contributed by atoms with Gasteiger partial charge in [0.15, 0.2) is 0 Å². The van der Waals surface area contributed by atoms with Gasteiger partial charge in [-0.3, -0.25) is 0 Å². The molecule has 0 aliphatic heterocycles. The van der Waals surface area contributed by atoms with Crippen LogP contribution in [0, 0.1) is 5.82 Å². The number of hydrogen-bond donors (Lipinski definition) is 2. The van der Waals surface area contributed by atoms with E-state index >= 15 is 0 Å². The molecule has 0 atom stereocenters. The van der Waals surface area contributed by atoms with E-state index < -0.39 is 5.97 Å². The molecule has 0 spiro atoms. The van der Waals surface area contributed by atoms with Crippen molar-refractivity contribution in [1.29, 1.82) is 0 Å². The molecule has 164 valence electrons. The Morgan fingerprint density at radius 2 is 1.81 bits per heavy atom. The van der Waals surface area contributed by atoms with Gasteiger partial charge in [0.05, 0.1) is 6.10 Å². The van der Waals surface area contributed by atoms with Gasteiger partial charge in [0, 0.05) is 5.56 Å². The van der Waals surface area contributed by atoms with E-state index in [1.807, 2.05) is 19.9 Å². The summed E-state index contributed by atoms with van der Waals surface area (Å²) in [5, 5.41) is 20.7. The number of carbonyl (C=O) groups is 1. The van der Waals surface area contributed by atoms with Gasteiger partial charge in [-0.15, -0.1) is 0 Å². The van der Waals surface area contributed by atoms with Gasteiger partial charge in [-0.05, 0) is 75.3 Å². The number of halogens is 1. The molecule has 0 heterocycles. The zero-order chi connectivity index (χ0) is 22.4. The van der Waals surface area contributed by atoms with Crippen LogP contribution in [0.25, 0.3) is 12.2 Å². The Kier molecular flexibility index (Phi) is 7.50. The summed E-state index contributed by atoms with van der Waals surface area (Å²) in [6, 6.07) is 7.60. The monoisotopic (exact) mass is 424 g/mol. The summed E-state index contributed by atoms with van der Waals surface area (Å²) >= 11 is 0. The fourth-order valence-electron chi connectivity index (χ4n) is 3.79. The first-order valence-corrected chi connectivity index (χ1v) is 10.7. The molecule has 31 heavy (non-hydrogen) atoms. The van der Waals surface area contributed by atoms with E-state index in [1.54, 1.807) is 30.4 Å². The van der Waals surface area contributed by atoms with E-state index in [0.717, 1.165) is 36.8 Å². The van der Waals surface area contributed by atoms with Crippen molar-refractivity contribution in [3.63, 3.8) is 0 Å². The Morgan fingerprint density at radius 3 is 2.42 bits per heavy atom. The smallest absolute Gasteiger partial charge is 0.340 e. The van der Waals surface area contributed by atoms with Crippen molar-refractivity contribution in [2.45, 2.75) is 58.5 Å². The molecule has 0 amide bonds. The molecule has 1 fully saturated rings. The number of allylic oxidation sites excluding steroid dienone is 2. The predicted octanol–water partition coefficient (Wildman–Crippen LogP) is 6.62. The third-order valence-corrected chi connectivity index (χ3v) is 5.49. The number of aromatic carboxylic acids is 1. The molecule has 0 bridgehead atoms. The summed E-state index contributed by atoms with van der Waals surface area (Å²) in [6.45, 7) is 3.91. The lowest BCUT2D eigenvalue weighted by atomic mass is 9.95. The van der Waals surface area contributed by atoms with Crippen LogP contribution in [0.15, 0.2) is 42.0 Å². The molecule has 0 saturated heterocycles. The highest BCUT2D eigenvalue weighted by molar-refractivity contribution is 5.97. The van der Waals surface area contributed by atoms with Crippen LogP contribution in [0.4, 0.5) is 4.39 Å². The van der Waals surface area contributed by atoms with Crippen LogP contribution < -0.4 is 4.74 Å². The maximum absolute atomic E-state index is 13.2. The molecular formula is C26H29FO4. The van der Waals surface area contributed by atoms with Gasteiger partial charge in [-0.25, -0.2) is 9.18 Å². The SMILES string of the molecule is CC(C)=CCc1c(OC2CCCCC2)cc(C=Cc2ccc(F)cc2)c(C(=O)O)c1O. The average Bonchev–Trinajstić information content (AvgIpc) is 2.73.